The zero-order chi connectivity index (χ0) is 13.8. The van der Waals surface area contributed by atoms with Crippen molar-refractivity contribution in [2.24, 2.45) is 0 Å². The van der Waals surface area contributed by atoms with Gasteiger partial charge in [0.05, 0.1) is 10.6 Å². The molecular weight excluding hydrogens is 347 g/mol. The number of hydrogen-bond donors (Lipinski definition) is 1. The van der Waals surface area contributed by atoms with Crippen molar-refractivity contribution in [1.29, 1.82) is 5.26 Å². The third-order valence-electron chi connectivity index (χ3n) is 2.58. The van der Waals surface area contributed by atoms with Crippen molar-refractivity contribution in [3.05, 3.63) is 62.0 Å². The van der Waals surface area contributed by atoms with Crippen LogP contribution in [0.4, 0.5) is 5.69 Å². The summed E-state index contributed by atoms with van der Waals surface area (Å²) in [6.45, 7) is 0.584. The van der Waals surface area contributed by atoms with E-state index in [4.69, 9.17) is 28.5 Å². The summed E-state index contributed by atoms with van der Waals surface area (Å²) in [5.41, 5.74) is 2.30. The largest absolute Gasteiger partial charge is 0.381 e. The van der Waals surface area contributed by atoms with E-state index < -0.39 is 0 Å². The molecule has 0 saturated carbocycles. The van der Waals surface area contributed by atoms with Crippen LogP contribution in [0.15, 0.2) is 40.9 Å². The van der Waals surface area contributed by atoms with E-state index in [0.29, 0.717) is 22.2 Å². The Labute approximate surface area is 130 Å². The molecule has 1 N–H and O–H groups in total. The molecule has 0 heterocycles. The molecule has 19 heavy (non-hydrogen) atoms. The first-order chi connectivity index (χ1) is 9.10. The van der Waals surface area contributed by atoms with Crippen molar-refractivity contribution < 1.29 is 0 Å². The molecule has 96 valence electrons. The lowest BCUT2D eigenvalue weighted by Gasteiger charge is -2.09. The predicted molar refractivity (Wildman–Crippen MR) is 82.6 cm³/mol. The first-order valence-electron chi connectivity index (χ1n) is 5.47. The number of halogens is 3. The number of nitrogens with zero attached hydrogens (tertiary/aromatic N) is 1. The van der Waals surface area contributed by atoms with E-state index in [-0.39, 0.29) is 0 Å². The van der Waals surface area contributed by atoms with Crippen LogP contribution in [0.3, 0.4) is 0 Å². The zero-order valence-corrected chi connectivity index (χ0v) is 12.9. The van der Waals surface area contributed by atoms with Gasteiger partial charge < -0.3 is 5.32 Å². The minimum atomic E-state index is 0.438. The Bertz CT molecular complexity index is 650. The molecule has 0 aromatic heterocycles. The van der Waals surface area contributed by atoms with Crippen molar-refractivity contribution in [1.82, 2.24) is 0 Å². The maximum Gasteiger partial charge on any atom is 0.101 e. The topological polar surface area (TPSA) is 35.8 Å². The molecule has 0 fully saturated rings. The minimum Gasteiger partial charge on any atom is -0.381 e. The standard InChI is InChI=1S/C14H9BrCl2N2/c15-11-2-4-13(16)10(5-11)8-19-12-3-1-9(7-18)14(17)6-12/h1-6,19H,8H2. The maximum absolute atomic E-state index is 8.81. The Hall–Kier alpha value is -1.21. The molecular formula is C14H9BrCl2N2. The van der Waals surface area contributed by atoms with Gasteiger partial charge in [-0.15, -0.1) is 0 Å². The highest BCUT2D eigenvalue weighted by Gasteiger charge is 2.03. The first-order valence-corrected chi connectivity index (χ1v) is 7.02. The predicted octanol–water partition coefficient (Wildman–Crippen LogP) is 5.24. The van der Waals surface area contributed by atoms with Gasteiger partial charge in [-0.3, -0.25) is 0 Å². The monoisotopic (exact) mass is 354 g/mol. The van der Waals surface area contributed by atoms with Gasteiger partial charge in [0.2, 0.25) is 0 Å². The van der Waals surface area contributed by atoms with Gasteiger partial charge in [-0.1, -0.05) is 39.1 Å². The van der Waals surface area contributed by atoms with Gasteiger partial charge >= 0.3 is 0 Å². The van der Waals surface area contributed by atoms with Gasteiger partial charge in [-0.2, -0.15) is 5.26 Å². The molecule has 2 aromatic rings. The van der Waals surface area contributed by atoms with E-state index in [1.165, 1.54) is 0 Å². The van der Waals surface area contributed by atoms with Crippen molar-refractivity contribution in [3.8, 4) is 6.07 Å². The van der Waals surface area contributed by atoms with Gasteiger partial charge in [0.15, 0.2) is 0 Å². The fraction of sp³-hybridized carbons (Fsp3) is 0.0714. The van der Waals surface area contributed by atoms with E-state index in [0.717, 1.165) is 15.7 Å². The molecule has 0 saturated heterocycles. The van der Waals surface area contributed by atoms with Crippen LogP contribution in [0.1, 0.15) is 11.1 Å². The number of benzene rings is 2. The second-order valence-corrected chi connectivity index (χ2v) is 5.63. The molecule has 0 atom stereocenters. The van der Waals surface area contributed by atoms with E-state index >= 15 is 0 Å². The lowest BCUT2D eigenvalue weighted by atomic mass is 10.2. The Morgan fingerprint density at radius 1 is 1.11 bits per heavy atom. The van der Waals surface area contributed by atoms with Crippen LogP contribution in [0.25, 0.3) is 0 Å². The number of nitriles is 1. The quantitative estimate of drug-likeness (QED) is 0.817. The average Bonchev–Trinajstić information content (AvgIpc) is 2.40. The second-order valence-electron chi connectivity index (χ2n) is 3.90. The second kappa shape index (κ2) is 6.29. The molecule has 0 aliphatic rings. The highest BCUT2D eigenvalue weighted by atomic mass is 79.9. The molecule has 0 amide bonds. The molecule has 0 unspecified atom stereocenters. The minimum absolute atomic E-state index is 0.438. The van der Waals surface area contributed by atoms with Gasteiger partial charge in [-0.25, -0.2) is 0 Å². The Balaban J connectivity index is 2.13. The summed E-state index contributed by atoms with van der Waals surface area (Å²) in [5, 5.41) is 13.2. The molecule has 0 aliphatic heterocycles. The molecule has 0 aliphatic carbocycles. The van der Waals surface area contributed by atoms with Crippen LogP contribution in [-0.4, -0.2) is 0 Å². The van der Waals surface area contributed by atoms with E-state index in [9.17, 15) is 0 Å². The molecule has 2 rings (SSSR count). The van der Waals surface area contributed by atoms with Crippen LogP contribution in [-0.2, 0) is 6.54 Å². The molecule has 0 radical (unpaired) electrons. The highest BCUT2D eigenvalue weighted by Crippen LogP contribution is 2.24. The van der Waals surface area contributed by atoms with Gasteiger partial charge in [0.25, 0.3) is 0 Å². The number of rotatable bonds is 3. The van der Waals surface area contributed by atoms with Crippen molar-refractivity contribution in [2.45, 2.75) is 6.54 Å². The zero-order valence-electron chi connectivity index (χ0n) is 9.75. The van der Waals surface area contributed by atoms with Crippen molar-refractivity contribution in [2.75, 3.05) is 5.32 Å². The van der Waals surface area contributed by atoms with E-state index in [1.54, 1.807) is 12.1 Å². The molecule has 2 nitrogen and oxygen atoms in total. The third-order valence-corrected chi connectivity index (χ3v) is 3.75. The molecule has 0 spiro atoms. The summed E-state index contributed by atoms with van der Waals surface area (Å²) in [6, 6.07) is 13.0. The van der Waals surface area contributed by atoms with Crippen LogP contribution in [0.2, 0.25) is 10.0 Å². The normalized spacial score (nSPS) is 10.0. The summed E-state index contributed by atoms with van der Waals surface area (Å²) < 4.78 is 0.978. The molecule has 0 bridgehead atoms. The molecule has 5 heteroatoms. The number of nitrogens with one attached hydrogen (secondary N) is 1. The summed E-state index contributed by atoms with van der Waals surface area (Å²) in [5.74, 6) is 0. The first kappa shape index (κ1) is 14.2. The van der Waals surface area contributed by atoms with Crippen molar-refractivity contribution in [3.63, 3.8) is 0 Å². The Morgan fingerprint density at radius 3 is 2.58 bits per heavy atom. The summed E-state index contributed by atoms with van der Waals surface area (Å²) in [4.78, 5) is 0. The van der Waals surface area contributed by atoms with Gasteiger partial charge in [0, 0.05) is 21.7 Å². The maximum atomic E-state index is 8.81. The van der Waals surface area contributed by atoms with Gasteiger partial charge in [0.1, 0.15) is 6.07 Å². The SMILES string of the molecule is N#Cc1ccc(NCc2cc(Br)ccc2Cl)cc1Cl. The lowest BCUT2D eigenvalue weighted by molar-refractivity contribution is 1.15. The fourth-order valence-corrected chi connectivity index (χ4v) is 2.41. The number of anilines is 1. The smallest absolute Gasteiger partial charge is 0.101 e. The van der Waals surface area contributed by atoms with Gasteiger partial charge in [-0.05, 0) is 42.0 Å². The molecule has 2 aromatic carbocycles. The summed E-state index contributed by atoms with van der Waals surface area (Å²) >= 11 is 15.5. The Kier molecular flexibility index (Phi) is 4.71. The van der Waals surface area contributed by atoms with Crippen LogP contribution < -0.4 is 5.32 Å². The van der Waals surface area contributed by atoms with Crippen LogP contribution in [0.5, 0.6) is 0 Å². The average molecular weight is 356 g/mol. The van der Waals surface area contributed by atoms with E-state index in [2.05, 4.69) is 21.2 Å². The number of hydrogen-bond acceptors (Lipinski definition) is 2. The van der Waals surface area contributed by atoms with E-state index in [1.807, 2.05) is 30.3 Å². The Morgan fingerprint density at radius 2 is 1.89 bits per heavy atom. The highest BCUT2D eigenvalue weighted by molar-refractivity contribution is 9.10. The van der Waals surface area contributed by atoms with Crippen LogP contribution >= 0.6 is 39.1 Å². The third kappa shape index (κ3) is 3.63. The fourth-order valence-electron chi connectivity index (χ4n) is 1.59. The van der Waals surface area contributed by atoms with Crippen LogP contribution in [0, 0.1) is 11.3 Å². The summed E-state index contributed by atoms with van der Waals surface area (Å²) in [6.07, 6.45) is 0. The van der Waals surface area contributed by atoms with Crippen molar-refractivity contribution >= 4 is 44.8 Å². The summed E-state index contributed by atoms with van der Waals surface area (Å²) in [7, 11) is 0. The lowest BCUT2D eigenvalue weighted by Crippen LogP contribution is -2.00.